The van der Waals surface area contributed by atoms with Gasteiger partial charge < -0.3 is 10.2 Å². The molecule has 1 aliphatic rings. The van der Waals surface area contributed by atoms with E-state index in [9.17, 15) is 9.90 Å². The molecule has 1 aliphatic carbocycles. The van der Waals surface area contributed by atoms with Crippen LogP contribution in [-0.2, 0) is 6.42 Å². The predicted molar refractivity (Wildman–Crippen MR) is 64.5 cm³/mol. The largest absolute Gasteiger partial charge is 0.476 e. The zero-order chi connectivity index (χ0) is 13.1. The molecule has 6 heteroatoms. The van der Waals surface area contributed by atoms with Gasteiger partial charge in [-0.1, -0.05) is 31.4 Å². The van der Waals surface area contributed by atoms with Gasteiger partial charge in [0.15, 0.2) is 5.69 Å². The Kier molecular flexibility index (Phi) is 3.96. The molecule has 1 aromatic heterocycles. The minimum atomic E-state index is -1.05. The Bertz CT molecular complexity index is 430. The summed E-state index contributed by atoms with van der Waals surface area (Å²) in [6, 6.07) is -0.124. The predicted octanol–water partition coefficient (Wildman–Crippen LogP) is 1.40. The van der Waals surface area contributed by atoms with Gasteiger partial charge in [0.05, 0.1) is 17.8 Å². The van der Waals surface area contributed by atoms with Gasteiger partial charge in [0.25, 0.3) is 0 Å². The molecule has 1 saturated carbocycles. The molecule has 18 heavy (non-hydrogen) atoms. The fraction of sp³-hybridized carbons (Fsp3) is 0.750. The summed E-state index contributed by atoms with van der Waals surface area (Å²) in [4.78, 5) is 11.1. The van der Waals surface area contributed by atoms with E-state index >= 15 is 0 Å². The monoisotopic (exact) mass is 253 g/mol. The molecular weight excluding hydrogens is 234 g/mol. The Morgan fingerprint density at radius 2 is 2.17 bits per heavy atom. The first-order valence-electron chi connectivity index (χ1n) is 6.50. The maximum Gasteiger partial charge on any atom is 0.358 e. The fourth-order valence-corrected chi connectivity index (χ4v) is 2.59. The second kappa shape index (κ2) is 5.48. The Morgan fingerprint density at radius 1 is 1.44 bits per heavy atom. The Hall–Kier alpha value is -1.43. The molecule has 2 unspecified atom stereocenters. The van der Waals surface area contributed by atoms with Crippen molar-refractivity contribution >= 4 is 5.97 Å². The van der Waals surface area contributed by atoms with Gasteiger partial charge in [-0.05, 0) is 19.3 Å². The number of hydrogen-bond donors (Lipinski definition) is 2. The maximum atomic E-state index is 11.1. The number of carboxylic acids is 1. The van der Waals surface area contributed by atoms with E-state index < -0.39 is 12.1 Å². The second-order valence-electron chi connectivity index (χ2n) is 4.80. The Labute approximate surface area is 106 Å². The number of nitrogens with zero attached hydrogens (tertiary/aromatic N) is 3. The van der Waals surface area contributed by atoms with Crippen LogP contribution in [-0.4, -0.2) is 37.3 Å². The van der Waals surface area contributed by atoms with Gasteiger partial charge in [-0.3, -0.25) is 0 Å². The lowest BCUT2D eigenvalue weighted by molar-refractivity contribution is 0.0658. The number of aliphatic hydroxyl groups excluding tert-OH is 1. The van der Waals surface area contributed by atoms with Crippen molar-refractivity contribution in [1.29, 1.82) is 0 Å². The highest BCUT2D eigenvalue weighted by atomic mass is 16.4. The van der Waals surface area contributed by atoms with Crippen LogP contribution in [0, 0.1) is 0 Å². The third-order valence-electron chi connectivity index (χ3n) is 3.49. The Balaban J connectivity index is 2.34. The minimum absolute atomic E-state index is 0.0228. The summed E-state index contributed by atoms with van der Waals surface area (Å²) in [6.07, 6.45) is 4.64. The van der Waals surface area contributed by atoms with E-state index in [4.69, 9.17) is 5.11 Å². The molecule has 6 nitrogen and oxygen atoms in total. The van der Waals surface area contributed by atoms with Crippen LogP contribution >= 0.6 is 0 Å². The van der Waals surface area contributed by atoms with Crippen LogP contribution < -0.4 is 0 Å². The number of carboxylic acid groups (broad SMARTS) is 1. The molecule has 1 aromatic rings. The average molecular weight is 253 g/mol. The van der Waals surface area contributed by atoms with Crippen LogP contribution in [0.4, 0.5) is 0 Å². The third kappa shape index (κ3) is 2.38. The molecule has 0 radical (unpaired) electrons. The summed E-state index contributed by atoms with van der Waals surface area (Å²) < 4.78 is 1.64. The smallest absolute Gasteiger partial charge is 0.358 e. The molecule has 2 atom stereocenters. The van der Waals surface area contributed by atoms with Crippen LogP contribution in [0.1, 0.15) is 61.3 Å². The first-order chi connectivity index (χ1) is 8.65. The van der Waals surface area contributed by atoms with Gasteiger partial charge in [-0.25, -0.2) is 9.48 Å². The molecular formula is C12H19N3O3. The first-order valence-corrected chi connectivity index (χ1v) is 6.50. The summed E-state index contributed by atoms with van der Waals surface area (Å²) in [7, 11) is 0. The number of aromatic nitrogens is 3. The highest BCUT2D eigenvalue weighted by Crippen LogP contribution is 2.29. The average Bonchev–Trinajstić information content (AvgIpc) is 2.74. The topological polar surface area (TPSA) is 88.2 Å². The number of carbonyl (C=O) groups is 1. The van der Waals surface area contributed by atoms with Crippen LogP contribution in [0.25, 0.3) is 0 Å². The fourth-order valence-electron chi connectivity index (χ4n) is 2.59. The van der Waals surface area contributed by atoms with Crippen molar-refractivity contribution in [2.75, 3.05) is 0 Å². The standard InChI is InChI=1S/C12H19N3O3/c1-2-5-9-11(12(17)18)13-14-15(9)8-6-3-4-7-10(8)16/h8,10,16H,2-7H2,1H3,(H,17,18). The number of aromatic carboxylic acids is 1. The van der Waals surface area contributed by atoms with Crippen molar-refractivity contribution < 1.29 is 15.0 Å². The van der Waals surface area contributed by atoms with E-state index in [0.29, 0.717) is 12.1 Å². The SMILES string of the molecule is CCCc1c(C(=O)O)nnn1C1CCCCC1O. The van der Waals surface area contributed by atoms with Gasteiger partial charge in [-0.2, -0.15) is 0 Å². The molecule has 100 valence electrons. The van der Waals surface area contributed by atoms with Crippen LogP contribution in [0.5, 0.6) is 0 Å². The molecule has 0 aliphatic heterocycles. The minimum Gasteiger partial charge on any atom is -0.476 e. The zero-order valence-corrected chi connectivity index (χ0v) is 10.5. The van der Waals surface area contributed by atoms with Gasteiger partial charge in [-0.15, -0.1) is 5.10 Å². The first kappa shape index (κ1) is 13.0. The number of aliphatic hydroxyl groups is 1. The lowest BCUT2D eigenvalue weighted by Gasteiger charge is -2.28. The maximum absolute atomic E-state index is 11.1. The molecule has 1 fully saturated rings. The number of rotatable bonds is 4. The lowest BCUT2D eigenvalue weighted by atomic mass is 9.92. The summed E-state index contributed by atoms with van der Waals surface area (Å²) >= 11 is 0. The molecule has 0 saturated heterocycles. The van der Waals surface area contributed by atoms with E-state index in [1.165, 1.54) is 0 Å². The summed E-state index contributed by atoms with van der Waals surface area (Å²) in [6.45, 7) is 1.99. The summed E-state index contributed by atoms with van der Waals surface area (Å²) in [5.41, 5.74) is 0.658. The number of hydrogen-bond acceptors (Lipinski definition) is 4. The Morgan fingerprint density at radius 3 is 2.78 bits per heavy atom. The molecule has 1 heterocycles. The van der Waals surface area contributed by atoms with E-state index in [2.05, 4.69) is 10.3 Å². The van der Waals surface area contributed by atoms with E-state index in [0.717, 1.165) is 32.1 Å². The van der Waals surface area contributed by atoms with Gasteiger partial charge in [0.1, 0.15) is 0 Å². The summed E-state index contributed by atoms with van der Waals surface area (Å²) in [5, 5.41) is 26.8. The molecule has 2 rings (SSSR count). The molecule has 0 bridgehead atoms. The van der Waals surface area contributed by atoms with Gasteiger partial charge in [0, 0.05) is 0 Å². The second-order valence-corrected chi connectivity index (χ2v) is 4.80. The van der Waals surface area contributed by atoms with Crippen molar-refractivity contribution in [3.05, 3.63) is 11.4 Å². The van der Waals surface area contributed by atoms with Crippen molar-refractivity contribution in [3.8, 4) is 0 Å². The van der Waals surface area contributed by atoms with Crippen molar-refractivity contribution in [2.45, 2.75) is 57.6 Å². The summed E-state index contributed by atoms with van der Waals surface area (Å²) in [5.74, 6) is -1.05. The zero-order valence-electron chi connectivity index (χ0n) is 10.5. The van der Waals surface area contributed by atoms with Gasteiger partial charge >= 0.3 is 5.97 Å². The highest BCUT2D eigenvalue weighted by molar-refractivity contribution is 5.86. The van der Waals surface area contributed by atoms with Crippen LogP contribution in [0.15, 0.2) is 0 Å². The van der Waals surface area contributed by atoms with Crippen molar-refractivity contribution in [1.82, 2.24) is 15.0 Å². The van der Waals surface area contributed by atoms with E-state index in [-0.39, 0.29) is 11.7 Å². The van der Waals surface area contributed by atoms with E-state index in [1.54, 1.807) is 4.68 Å². The molecule has 0 amide bonds. The van der Waals surface area contributed by atoms with Crippen LogP contribution in [0.2, 0.25) is 0 Å². The quantitative estimate of drug-likeness (QED) is 0.846. The highest BCUT2D eigenvalue weighted by Gasteiger charge is 2.29. The normalized spacial score (nSPS) is 24.1. The molecule has 0 spiro atoms. The molecule has 0 aromatic carbocycles. The van der Waals surface area contributed by atoms with Crippen LogP contribution in [0.3, 0.4) is 0 Å². The molecule has 2 N–H and O–H groups in total. The third-order valence-corrected chi connectivity index (χ3v) is 3.49. The van der Waals surface area contributed by atoms with Crippen molar-refractivity contribution in [3.63, 3.8) is 0 Å². The van der Waals surface area contributed by atoms with E-state index in [1.807, 2.05) is 6.92 Å². The van der Waals surface area contributed by atoms with Crippen molar-refractivity contribution in [2.24, 2.45) is 0 Å². The van der Waals surface area contributed by atoms with Gasteiger partial charge in [0.2, 0.25) is 0 Å². The lowest BCUT2D eigenvalue weighted by Crippen LogP contribution is -2.29.